The summed E-state index contributed by atoms with van der Waals surface area (Å²) in [5.74, 6) is -1.54. The van der Waals surface area contributed by atoms with Gasteiger partial charge in [0.15, 0.2) is 0 Å². The number of piperazine rings is 1. The van der Waals surface area contributed by atoms with Crippen molar-refractivity contribution in [3.63, 3.8) is 0 Å². The minimum Gasteiger partial charge on any atom is -0.458 e. The van der Waals surface area contributed by atoms with Crippen LogP contribution in [0.25, 0.3) is 0 Å². The number of amides is 1. The van der Waals surface area contributed by atoms with Gasteiger partial charge in [0.05, 0.1) is 24.8 Å². The maximum absolute atomic E-state index is 13.5. The van der Waals surface area contributed by atoms with E-state index in [0.29, 0.717) is 45.3 Å². The molecule has 1 saturated heterocycles. The molecular formula is C27H43N3O6. The zero-order chi connectivity index (χ0) is 26.7. The third kappa shape index (κ3) is 3.94. The zero-order valence-electron chi connectivity index (χ0n) is 22.1. The van der Waals surface area contributed by atoms with Gasteiger partial charge in [0.2, 0.25) is 5.91 Å². The van der Waals surface area contributed by atoms with E-state index < -0.39 is 57.9 Å². The Morgan fingerprint density at radius 2 is 1.94 bits per heavy atom. The maximum Gasteiger partial charge on any atom is 0.320 e. The first-order chi connectivity index (χ1) is 16.7. The number of aliphatic hydroxyl groups is 2. The van der Waals surface area contributed by atoms with Gasteiger partial charge in [0.1, 0.15) is 11.4 Å². The summed E-state index contributed by atoms with van der Waals surface area (Å²) in [4.78, 5) is 40.2. The molecule has 202 valence electrons. The van der Waals surface area contributed by atoms with Crippen molar-refractivity contribution in [2.75, 3.05) is 26.2 Å². The number of carbonyl (C=O) groups is 3. The fraction of sp³-hybridized carbons (Fsp3) is 0.815. The second-order valence-corrected chi connectivity index (χ2v) is 12.4. The van der Waals surface area contributed by atoms with E-state index in [9.17, 15) is 24.6 Å². The summed E-state index contributed by atoms with van der Waals surface area (Å²) in [7, 11) is 0. The molecule has 9 atom stereocenters. The number of esters is 1. The molecule has 4 fully saturated rings. The molecule has 36 heavy (non-hydrogen) atoms. The van der Waals surface area contributed by atoms with Crippen molar-refractivity contribution in [2.45, 2.75) is 83.6 Å². The molecule has 2 bridgehead atoms. The number of nitrogens with zero attached hydrogens (tertiary/aromatic N) is 1. The first kappa shape index (κ1) is 27.2. The van der Waals surface area contributed by atoms with Gasteiger partial charge >= 0.3 is 5.97 Å². The summed E-state index contributed by atoms with van der Waals surface area (Å²) in [5.41, 5.74) is 2.08. The Labute approximate surface area is 213 Å². The van der Waals surface area contributed by atoms with E-state index in [1.165, 1.54) is 0 Å². The van der Waals surface area contributed by atoms with Crippen LogP contribution in [-0.4, -0.2) is 82.8 Å². The lowest BCUT2D eigenvalue weighted by atomic mass is 9.42. The Morgan fingerprint density at radius 3 is 2.58 bits per heavy atom. The molecule has 0 aromatic carbocycles. The van der Waals surface area contributed by atoms with Crippen molar-refractivity contribution < 1.29 is 29.3 Å². The molecule has 1 heterocycles. The van der Waals surface area contributed by atoms with Crippen LogP contribution in [0.5, 0.6) is 0 Å². The van der Waals surface area contributed by atoms with Gasteiger partial charge < -0.3 is 26.0 Å². The maximum atomic E-state index is 13.5. The summed E-state index contributed by atoms with van der Waals surface area (Å²) in [6, 6.07) is -0.525. The second kappa shape index (κ2) is 9.19. The Kier molecular flexibility index (Phi) is 6.95. The Bertz CT molecular complexity index is 942. The smallest absolute Gasteiger partial charge is 0.320 e. The molecule has 0 aromatic heterocycles. The Balaban J connectivity index is 1.67. The van der Waals surface area contributed by atoms with E-state index in [2.05, 4.69) is 11.9 Å². The van der Waals surface area contributed by atoms with Crippen LogP contribution < -0.4 is 11.1 Å². The van der Waals surface area contributed by atoms with E-state index >= 15 is 0 Å². The van der Waals surface area contributed by atoms with E-state index in [1.54, 1.807) is 6.08 Å². The minimum atomic E-state index is -1.08. The van der Waals surface area contributed by atoms with Crippen molar-refractivity contribution in [3.8, 4) is 0 Å². The van der Waals surface area contributed by atoms with E-state index in [-0.39, 0.29) is 24.7 Å². The summed E-state index contributed by atoms with van der Waals surface area (Å²) >= 11 is 0. The third-order valence-electron chi connectivity index (χ3n) is 10.7. The van der Waals surface area contributed by atoms with Crippen LogP contribution in [0.3, 0.4) is 0 Å². The van der Waals surface area contributed by atoms with Gasteiger partial charge in [-0.05, 0) is 43.9 Å². The number of hydrogen-bond acceptors (Lipinski definition) is 8. The van der Waals surface area contributed by atoms with Crippen LogP contribution in [0.2, 0.25) is 0 Å². The van der Waals surface area contributed by atoms with Crippen LogP contribution in [0.15, 0.2) is 12.7 Å². The van der Waals surface area contributed by atoms with Gasteiger partial charge in [0, 0.05) is 42.8 Å². The molecule has 3 saturated carbocycles. The van der Waals surface area contributed by atoms with Crippen LogP contribution in [-0.2, 0) is 19.1 Å². The monoisotopic (exact) mass is 505 g/mol. The van der Waals surface area contributed by atoms with Crippen LogP contribution in [0.1, 0.15) is 59.8 Å². The predicted octanol–water partition coefficient (Wildman–Crippen LogP) is 0.767. The number of ether oxygens (including phenoxy) is 1. The quantitative estimate of drug-likeness (QED) is 0.317. The fourth-order valence-electron chi connectivity index (χ4n) is 8.09. The predicted molar refractivity (Wildman–Crippen MR) is 134 cm³/mol. The SMILES string of the molecule is C=CC1(C)CC(O)C2(C)C3C(=O)CCC3(CCC2(C)OC(=O)CN2CCNC(C(N)=O)C2)C(C)C1O. The lowest BCUT2D eigenvalue weighted by Crippen LogP contribution is -2.69. The largest absolute Gasteiger partial charge is 0.458 e. The molecule has 9 unspecified atom stereocenters. The van der Waals surface area contributed by atoms with Gasteiger partial charge in [-0.25, -0.2) is 0 Å². The third-order valence-corrected chi connectivity index (χ3v) is 10.7. The Hall–Kier alpha value is -1.81. The number of Topliss-reactive ketones (excluding diaryl/α,β-unsaturated/α-hetero) is 1. The number of ketones is 1. The molecule has 0 spiro atoms. The lowest BCUT2D eigenvalue weighted by molar-refractivity contribution is -0.252. The molecule has 4 rings (SSSR count). The van der Waals surface area contributed by atoms with Gasteiger partial charge in [-0.15, -0.1) is 6.58 Å². The average molecular weight is 506 g/mol. The molecule has 1 aliphatic heterocycles. The number of rotatable bonds is 5. The average Bonchev–Trinajstić information content (AvgIpc) is 3.18. The molecule has 3 aliphatic carbocycles. The van der Waals surface area contributed by atoms with E-state index in [1.807, 2.05) is 32.6 Å². The van der Waals surface area contributed by atoms with Crippen molar-refractivity contribution >= 4 is 17.7 Å². The summed E-state index contributed by atoms with van der Waals surface area (Å²) in [5, 5.41) is 26.3. The van der Waals surface area contributed by atoms with Gasteiger partial charge in [0.25, 0.3) is 0 Å². The van der Waals surface area contributed by atoms with E-state index in [4.69, 9.17) is 10.5 Å². The van der Waals surface area contributed by atoms with Crippen LogP contribution in [0.4, 0.5) is 0 Å². The first-order valence-corrected chi connectivity index (χ1v) is 13.2. The van der Waals surface area contributed by atoms with E-state index in [0.717, 1.165) is 0 Å². The molecular weight excluding hydrogens is 462 g/mol. The highest BCUT2D eigenvalue weighted by Gasteiger charge is 2.72. The molecule has 1 amide bonds. The molecule has 0 aromatic rings. The first-order valence-electron chi connectivity index (χ1n) is 13.2. The van der Waals surface area contributed by atoms with Crippen LogP contribution >= 0.6 is 0 Å². The number of aliphatic hydroxyl groups excluding tert-OH is 2. The highest BCUT2D eigenvalue weighted by Crippen LogP contribution is 2.69. The van der Waals surface area contributed by atoms with Gasteiger partial charge in [-0.2, -0.15) is 0 Å². The zero-order valence-corrected chi connectivity index (χ0v) is 22.1. The molecule has 9 heteroatoms. The summed E-state index contributed by atoms with van der Waals surface area (Å²) < 4.78 is 6.23. The fourth-order valence-corrected chi connectivity index (χ4v) is 8.09. The number of hydrogen-bond donors (Lipinski definition) is 4. The number of primary amides is 1. The van der Waals surface area contributed by atoms with Gasteiger partial charge in [-0.3, -0.25) is 19.3 Å². The summed E-state index contributed by atoms with van der Waals surface area (Å²) in [6.07, 6.45) is 2.35. The van der Waals surface area contributed by atoms with Crippen molar-refractivity contribution in [3.05, 3.63) is 12.7 Å². The number of nitrogens with two attached hydrogens (primary N) is 1. The Morgan fingerprint density at radius 1 is 1.25 bits per heavy atom. The summed E-state index contributed by atoms with van der Waals surface area (Å²) in [6.45, 7) is 13.1. The van der Waals surface area contributed by atoms with Crippen molar-refractivity contribution in [2.24, 2.45) is 33.8 Å². The standard InChI is InChI=1S/C27H43N3O6/c1-6-24(3)13-19(32)26(5)21-18(31)7-8-27(21,16(2)22(24)34)10-9-25(26,4)36-20(33)15-30-12-11-29-17(14-30)23(28)35/h6,16-17,19,21-22,29,32,34H,1,7-15H2,2-5H3,(H2,28,35). The minimum absolute atomic E-state index is 0.00350. The van der Waals surface area contributed by atoms with Gasteiger partial charge in [-0.1, -0.05) is 26.8 Å². The molecule has 5 N–H and O–H groups in total. The molecule has 0 radical (unpaired) electrons. The van der Waals surface area contributed by atoms with Crippen molar-refractivity contribution in [1.82, 2.24) is 10.2 Å². The normalized spacial score (nSPS) is 47.4. The number of nitrogens with one attached hydrogen (secondary N) is 1. The van der Waals surface area contributed by atoms with Crippen LogP contribution in [0, 0.1) is 28.1 Å². The van der Waals surface area contributed by atoms with Crippen molar-refractivity contribution in [1.29, 1.82) is 0 Å². The second-order valence-electron chi connectivity index (χ2n) is 12.4. The topological polar surface area (TPSA) is 142 Å². The molecule has 4 aliphatic rings. The number of carbonyl (C=O) groups excluding carboxylic acids is 3. The highest BCUT2D eigenvalue weighted by atomic mass is 16.6. The lowest BCUT2D eigenvalue weighted by Gasteiger charge is -2.64. The highest BCUT2D eigenvalue weighted by molar-refractivity contribution is 5.86. The molecule has 9 nitrogen and oxygen atoms in total.